The van der Waals surface area contributed by atoms with E-state index in [0.717, 1.165) is 29.5 Å². The van der Waals surface area contributed by atoms with Crippen molar-refractivity contribution in [3.63, 3.8) is 0 Å². The number of halogens is 1. The van der Waals surface area contributed by atoms with Crippen LogP contribution in [0.4, 0.5) is 4.39 Å². The molecule has 1 fully saturated rings. The standard InChI is InChI=1S/C18H28FNS/c1-3-20-17(13-21-18-7-5-4-6-8-18)12-15-9-10-16(19)11-14(15)2/h9-11,17-18,20H,3-8,12-13H2,1-2H3. The average molecular weight is 309 g/mol. The lowest BCUT2D eigenvalue weighted by Gasteiger charge is -2.25. The van der Waals surface area contributed by atoms with E-state index < -0.39 is 0 Å². The Morgan fingerprint density at radius 3 is 2.71 bits per heavy atom. The van der Waals surface area contributed by atoms with Crippen molar-refractivity contribution in [2.45, 2.75) is 63.7 Å². The van der Waals surface area contributed by atoms with Crippen LogP contribution in [0.25, 0.3) is 0 Å². The molecule has 1 N–H and O–H groups in total. The number of thioether (sulfide) groups is 1. The van der Waals surface area contributed by atoms with Crippen molar-refractivity contribution in [1.82, 2.24) is 5.32 Å². The van der Waals surface area contributed by atoms with Crippen molar-refractivity contribution in [3.05, 3.63) is 35.1 Å². The first kappa shape index (κ1) is 16.8. The van der Waals surface area contributed by atoms with Gasteiger partial charge in [0.05, 0.1) is 0 Å². The van der Waals surface area contributed by atoms with Gasteiger partial charge in [0.25, 0.3) is 0 Å². The normalized spacial score (nSPS) is 17.9. The van der Waals surface area contributed by atoms with Crippen molar-refractivity contribution in [1.29, 1.82) is 0 Å². The largest absolute Gasteiger partial charge is 0.313 e. The monoisotopic (exact) mass is 309 g/mol. The Labute approximate surface area is 133 Å². The lowest BCUT2D eigenvalue weighted by molar-refractivity contribution is 0.513. The highest BCUT2D eigenvalue weighted by Gasteiger charge is 2.17. The van der Waals surface area contributed by atoms with Crippen molar-refractivity contribution < 1.29 is 4.39 Å². The number of aryl methyl sites for hydroxylation is 1. The van der Waals surface area contributed by atoms with E-state index in [9.17, 15) is 4.39 Å². The molecule has 1 atom stereocenters. The van der Waals surface area contributed by atoms with E-state index in [0.29, 0.717) is 6.04 Å². The van der Waals surface area contributed by atoms with Crippen molar-refractivity contribution in [2.75, 3.05) is 12.3 Å². The molecule has 1 nitrogen and oxygen atoms in total. The van der Waals surface area contributed by atoms with Crippen LogP contribution in [0.5, 0.6) is 0 Å². The smallest absolute Gasteiger partial charge is 0.123 e. The van der Waals surface area contributed by atoms with Crippen LogP contribution in [0.1, 0.15) is 50.2 Å². The average Bonchev–Trinajstić information content (AvgIpc) is 2.49. The van der Waals surface area contributed by atoms with E-state index in [1.165, 1.54) is 37.7 Å². The fraction of sp³-hybridized carbons (Fsp3) is 0.667. The van der Waals surface area contributed by atoms with Gasteiger partial charge < -0.3 is 5.32 Å². The summed E-state index contributed by atoms with van der Waals surface area (Å²) in [5.41, 5.74) is 2.34. The molecule has 118 valence electrons. The summed E-state index contributed by atoms with van der Waals surface area (Å²) in [6.07, 6.45) is 8.00. The number of hydrogen-bond donors (Lipinski definition) is 1. The summed E-state index contributed by atoms with van der Waals surface area (Å²) in [6.45, 7) is 5.17. The van der Waals surface area contributed by atoms with Gasteiger partial charge in [0.1, 0.15) is 5.82 Å². The van der Waals surface area contributed by atoms with Crippen LogP contribution in [0.15, 0.2) is 18.2 Å². The first-order valence-corrected chi connectivity index (χ1v) is 9.34. The maximum atomic E-state index is 13.2. The van der Waals surface area contributed by atoms with Crippen LogP contribution in [-0.2, 0) is 6.42 Å². The highest BCUT2D eigenvalue weighted by atomic mass is 32.2. The number of nitrogens with one attached hydrogen (secondary N) is 1. The highest BCUT2D eigenvalue weighted by molar-refractivity contribution is 7.99. The predicted octanol–water partition coefficient (Wildman–Crippen LogP) is 4.72. The number of hydrogen-bond acceptors (Lipinski definition) is 2. The van der Waals surface area contributed by atoms with Crippen LogP contribution < -0.4 is 5.32 Å². The Morgan fingerprint density at radius 2 is 2.05 bits per heavy atom. The molecule has 21 heavy (non-hydrogen) atoms. The third kappa shape index (κ3) is 5.63. The Morgan fingerprint density at radius 1 is 1.29 bits per heavy atom. The van der Waals surface area contributed by atoms with E-state index in [2.05, 4.69) is 24.0 Å². The van der Waals surface area contributed by atoms with Crippen LogP contribution >= 0.6 is 11.8 Å². The molecule has 0 bridgehead atoms. The maximum Gasteiger partial charge on any atom is 0.123 e. The second-order valence-corrected chi connectivity index (χ2v) is 7.46. The van der Waals surface area contributed by atoms with Gasteiger partial charge in [-0.15, -0.1) is 0 Å². The zero-order valence-electron chi connectivity index (χ0n) is 13.3. The number of likely N-dealkylation sites (N-methyl/N-ethyl adjacent to an activating group) is 1. The molecule has 0 radical (unpaired) electrons. The molecule has 1 aromatic rings. The lowest BCUT2D eigenvalue weighted by Crippen LogP contribution is -2.34. The van der Waals surface area contributed by atoms with Gasteiger partial charge in [-0.05, 0) is 56.0 Å². The molecular formula is C18H28FNS. The Hall–Kier alpha value is -0.540. The first-order valence-electron chi connectivity index (χ1n) is 8.29. The molecule has 1 aromatic carbocycles. The van der Waals surface area contributed by atoms with Gasteiger partial charge in [0, 0.05) is 17.0 Å². The molecule has 0 saturated heterocycles. The maximum absolute atomic E-state index is 13.2. The molecule has 1 unspecified atom stereocenters. The van der Waals surface area contributed by atoms with Crippen LogP contribution in [0.2, 0.25) is 0 Å². The van der Waals surface area contributed by atoms with Gasteiger partial charge in [0.2, 0.25) is 0 Å². The van der Waals surface area contributed by atoms with Gasteiger partial charge in [-0.2, -0.15) is 11.8 Å². The van der Waals surface area contributed by atoms with Crippen molar-refractivity contribution in [3.8, 4) is 0 Å². The summed E-state index contributed by atoms with van der Waals surface area (Å²) in [7, 11) is 0. The molecule has 0 spiro atoms. The second-order valence-electron chi connectivity index (χ2n) is 6.12. The van der Waals surface area contributed by atoms with Gasteiger partial charge >= 0.3 is 0 Å². The quantitative estimate of drug-likeness (QED) is 0.782. The topological polar surface area (TPSA) is 12.0 Å². The van der Waals surface area contributed by atoms with Crippen LogP contribution in [0, 0.1) is 12.7 Å². The minimum absolute atomic E-state index is 0.132. The minimum atomic E-state index is -0.132. The van der Waals surface area contributed by atoms with Gasteiger partial charge in [0.15, 0.2) is 0 Å². The molecule has 2 rings (SSSR count). The van der Waals surface area contributed by atoms with E-state index in [1.807, 2.05) is 13.0 Å². The molecule has 0 aromatic heterocycles. The summed E-state index contributed by atoms with van der Waals surface area (Å²) in [5.74, 6) is 1.03. The second kappa shape index (κ2) is 8.79. The van der Waals surface area contributed by atoms with Gasteiger partial charge in [-0.3, -0.25) is 0 Å². The van der Waals surface area contributed by atoms with Crippen LogP contribution in [0.3, 0.4) is 0 Å². The number of rotatable bonds is 7. The van der Waals surface area contributed by atoms with Crippen molar-refractivity contribution >= 4 is 11.8 Å². The summed E-state index contributed by atoms with van der Waals surface area (Å²) < 4.78 is 13.2. The van der Waals surface area contributed by atoms with Crippen molar-refractivity contribution in [2.24, 2.45) is 0 Å². The number of benzene rings is 1. The molecule has 1 aliphatic carbocycles. The van der Waals surface area contributed by atoms with Crippen LogP contribution in [-0.4, -0.2) is 23.6 Å². The third-order valence-corrected chi connectivity index (χ3v) is 5.89. The predicted molar refractivity (Wildman–Crippen MR) is 91.6 cm³/mol. The molecule has 0 heterocycles. The van der Waals surface area contributed by atoms with Gasteiger partial charge in [-0.1, -0.05) is 32.3 Å². The SMILES string of the molecule is CCNC(CSC1CCCCC1)Cc1ccc(F)cc1C. The molecule has 3 heteroatoms. The van der Waals surface area contributed by atoms with E-state index in [-0.39, 0.29) is 5.82 Å². The lowest BCUT2D eigenvalue weighted by atomic mass is 10.0. The fourth-order valence-corrected chi connectivity index (χ4v) is 4.52. The minimum Gasteiger partial charge on any atom is -0.313 e. The highest BCUT2D eigenvalue weighted by Crippen LogP contribution is 2.29. The molecule has 0 amide bonds. The Kier molecular flexibility index (Phi) is 7.05. The zero-order chi connectivity index (χ0) is 15.1. The molecular weight excluding hydrogens is 281 g/mol. The Bertz CT molecular complexity index is 429. The summed E-state index contributed by atoms with van der Waals surface area (Å²) in [5, 5.41) is 4.45. The Balaban J connectivity index is 1.88. The molecule has 0 aliphatic heterocycles. The zero-order valence-corrected chi connectivity index (χ0v) is 14.1. The van der Waals surface area contributed by atoms with E-state index >= 15 is 0 Å². The summed E-state index contributed by atoms with van der Waals surface area (Å²) in [6, 6.07) is 5.66. The van der Waals surface area contributed by atoms with E-state index in [4.69, 9.17) is 0 Å². The first-order chi connectivity index (χ1) is 10.2. The summed E-state index contributed by atoms with van der Waals surface area (Å²) in [4.78, 5) is 0. The fourth-order valence-electron chi connectivity index (χ4n) is 3.12. The van der Waals surface area contributed by atoms with E-state index in [1.54, 1.807) is 12.1 Å². The summed E-state index contributed by atoms with van der Waals surface area (Å²) >= 11 is 2.14. The third-order valence-electron chi connectivity index (χ3n) is 4.35. The van der Waals surface area contributed by atoms with Gasteiger partial charge in [-0.25, -0.2) is 4.39 Å². The molecule has 1 aliphatic rings. The molecule has 1 saturated carbocycles.